The Balaban J connectivity index is 1.62. The summed E-state index contributed by atoms with van der Waals surface area (Å²) >= 11 is 0. The summed E-state index contributed by atoms with van der Waals surface area (Å²) in [4.78, 5) is 0. The minimum atomic E-state index is -2.42. The van der Waals surface area contributed by atoms with Crippen LogP contribution in [0.15, 0.2) is 36.4 Å². The molecule has 2 aliphatic rings. The molecule has 0 saturated heterocycles. The maximum Gasteiger partial charge on any atom is 0.344 e. The highest BCUT2D eigenvalue weighted by Gasteiger charge is 2.42. The van der Waals surface area contributed by atoms with Crippen LogP contribution in [0.5, 0.6) is 5.75 Å². The van der Waals surface area contributed by atoms with Gasteiger partial charge in [0.1, 0.15) is 5.75 Å². The molecule has 0 unspecified atom stereocenters. The van der Waals surface area contributed by atoms with Crippen LogP contribution in [0.3, 0.4) is 0 Å². The molecule has 0 heterocycles. The first-order valence-electron chi connectivity index (χ1n) is 12.5. The van der Waals surface area contributed by atoms with E-state index < -0.39 is 12.1 Å². The molecule has 4 heteroatoms. The molecule has 0 spiro atoms. The van der Waals surface area contributed by atoms with Crippen molar-refractivity contribution in [3.05, 3.63) is 41.9 Å². The summed E-state index contributed by atoms with van der Waals surface area (Å²) in [6, 6.07) is 5.47. The molecule has 31 heavy (non-hydrogen) atoms. The van der Waals surface area contributed by atoms with Gasteiger partial charge in [-0.25, -0.2) is 0 Å². The molecule has 0 radical (unpaired) electrons. The number of benzene rings is 1. The molecule has 1 aromatic carbocycles. The van der Waals surface area contributed by atoms with Gasteiger partial charge >= 0.3 is 12.1 Å². The maximum absolute atomic E-state index is 13.1. The molecule has 0 N–H and O–H groups in total. The molecule has 0 amide bonds. The van der Waals surface area contributed by atoms with Crippen molar-refractivity contribution in [1.82, 2.24) is 0 Å². The second kappa shape index (κ2) is 12.0. The van der Waals surface area contributed by atoms with Crippen molar-refractivity contribution in [1.29, 1.82) is 0 Å². The van der Waals surface area contributed by atoms with E-state index in [1.165, 1.54) is 102 Å². The zero-order valence-corrected chi connectivity index (χ0v) is 19.1. The van der Waals surface area contributed by atoms with Crippen LogP contribution in [0.1, 0.15) is 109 Å². The normalized spacial score (nSPS) is 23.4. The van der Waals surface area contributed by atoms with Gasteiger partial charge < -0.3 is 4.74 Å². The Bertz CT molecular complexity index is 679. The van der Waals surface area contributed by atoms with Crippen LogP contribution in [-0.2, 0) is 5.41 Å². The largest absolute Gasteiger partial charge is 0.428 e. The third-order valence-electron chi connectivity index (χ3n) is 7.88. The predicted octanol–water partition coefficient (Wildman–Crippen LogP) is 9.47. The first-order valence-corrected chi connectivity index (χ1v) is 12.5. The van der Waals surface area contributed by atoms with Crippen LogP contribution in [0.2, 0.25) is 0 Å². The van der Waals surface area contributed by atoms with Crippen molar-refractivity contribution in [3.8, 4) is 5.75 Å². The average molecular weight is 437 g/mol. The first-order chi connectivity index (χ1) is 15.0. The number of unbranched alkanes of at least 4 members (excludes halogenated alkanes) is 4. The molecule has 2 saturated carbocycles. The van der Waals surface area contributed by atoms with Gasteiger partial charge in [0.25, 0.3) is 0 Å². The SMILES string of the molecule is CCCCCCCC1CCC(C2(c3ccc(OC(F)=C(F)F)cc3)CCCCC2)CC1. The summed E-state index contributed by atoms with van der Waals surface area (Å²) in [6.07, 6.45) is 17.2. The fourth-order valence-electron chi connectivity index (χ4n) is 6.15. The summed E-state index contributed by atoms with van der Waals surface area (Å²) in [6.45, 7) is 2.27. The Labute approximate surface area is 186 Å². The Morgan fingerprint density at radius 3 is 2.13 bits per heavy atom. The molecule has 1 aromatic rings. The van der Waals surface area contributed by atoms with E-state index in [1.54, 1.807) is 12.1 Å². The lowest BCUT2D eigenvalue weighted by Gasteiger charge is -2.47. The lowest BCUT2D eigenvalue weighted by Crippen LogP contribution is -2.39. The summed E-state index contributed by atoms with van der Waals surface area (Å²) in [5, 5.41) is 0. The van der Waals surface area contributed by atoms with Gasteiger partial charge in [-0.1, -0.05) is 89.7 Å². The van der Waals surface area contributed by atoms with Gasteiger partial charge in [0.05, 0.1) is 0 Å². The summed E-state index contributed by atoms with van der Waals surface area (Å²) in [7, 11) is 0. The fourth-order valence-corrected chi connectivity index (χ4v) is 6.15. The quantitative estimate of drug-likeness (QED) is 0.262. The monoisotopic (exact) mass is 436 g/mol. The van der Waals surface area contributed by atoms with Gasteiger partial charge in [-0.2, -0.15) is 13.2 Å². The Kier molecular flexibility index (Phi) is 9.34. The molecule has 0 aromatic heterocycles. The maximum atomic E-state index is 13.1. The predicted molar refractivity (Wildman–Crippen MR) is 121 cm³/mol. The molecule has 2 fully saturated rings. The van der Waals surface area contributed by atoms with Gasteiger partial charge in [0.2, 0.25) is 0 Å². The highest BCUT2D eigenvalue weighted by Crippen LogP contribution is 2.51. The van der Waals surface area contributed by atoms with Crippen LogP contribution in [0.25, 0.3) is 0 Å². The van der Waals surface area contributed by atoms with E-state index >= 15 is 0 Å². The molecule has 174 valence electrons. The minimum Gasteiger partial charge on any atom is -0.428 e. The van der Waals surface area contributed by atoms with Crippen molar-refractivity contribution in [2.75, 3.05) is 0 Å². The van der Waals surface area contributed by atoms with Gasteiger partial charge in [-0.05, 0) is 60.6 Å². The van der Waals surface area contributed by atoms with Crippen LogP contribution < -0.4 is 4.74 Å². The van der Waals surface area contributed by atoms with Crippen molar-refractivity contribution < 1.29 is 17.9 Å². The fraction of sp³-hybridized carbons (Fsp3) is 0.704. The van der Waals surface area contributed by atoms with E-state index in [-0.39, 0.29) is 11.2 Å². The lowest BCUT2D eigenvalue weighted by molar-refractivity contribution is 0.124. The Morgan fingerprint density at radius 1 is 0.871 bits per heavy atom. The van der Waals surface area contributed by atoms with E-state index in [9.17, 15) is 13.2 Å². The van der Waals surface area contributed by atoms with Gasteiger partial charge in [0.15, 0.2) is 0 Å². The van der Waals surface area contributed by atoms with Crippen molar-refractivity contribution in [2.24, 2.45) is 11.8 Å². The second-order valence-electron chi connectivity index (χ2n) is 9.80. The highest BCUT2D eigenvalue weighted by atomic mass is 19.3. The number of hydrogen-bond donors (Lipinski definition) is 0. The summed E-state index contributed by atoms with van der Waals surface area (Å²) < 4.78 is 42.4. The van der Waals surface area contributed by atoms with Crippen molar-refractivity contribution in [3.63, 3.8) is 0 Å². The Morgan fingerprint density at radius 2 is 1.52 bits per heavy atom. The third-order valence-corrected chi connectivity index (χ3v) is 7.88. The molecule has 0 aliphatic heterocycles. The molecule has 0 bridgehead atoms. The van der Waals surface area contributed by atoms with E-state index in [1.807, 2.05) is 12.1 Å². The van der Waals surface area contributed by atoms with E-state index in [0.717, 1.165) is 5.92 Å². The van der Waals surface area contributed by atoms with Gasteiger partial charge in [-0.3, -0.25) is 0 Å². The molecule has 3 rings (SSSR count). The number of rotatable bonds is 10. The van der Waals surface area contributed by atoms with E-state index in [4.69, 9.17) is 0 Å². The van der Waals surface area contributed by atoms with Crippen LogP contribution in [-0.4, -0.2) is 0 Å². The van der Waals surface area contributed by atoms with Crippen molar-refractivity contribution >= 4 is 0 Å². The van der Waals surface area contributed by atoms with E-state index in [0.29, 0.717) is 5.92 Å². The lowest BCUT2D eigenvalue weighted by atomic mass is 9.57. The van der Waals surface area contributed by atoms with Crippen LogP contribution >= 0.6 is 0 Å². The topological polar surface area (TPSA) is 9.23 Å². The van der Waals surface area contributed by atoms with E-state index in [2.05, 4.69) is 11.7 Å². The van der Waals surface area contributed by atoms with Crippen LogP contribution in [0, 0.1) is 11.8 Å². The van der Waals surface area contributed by atoms with Crippen molar-refractivity contribution in [2.45, 2.75) is 109 Å². The standard InChI is InChI=1S/C27H39F3O/c1-2-3-4-5-7-10-21-11-13-22(14-12-21)27(19-8-6-9-20-27)23-15-17-24(18-16-23)31-26(30)25(28)29/h15-18,21-22H,2-14,19-20H2,1H3. The minimum absolute atomic E-state index is 0.131. The molecular weight excluding hydrogens is 397 g/mol. The van der Waals surface area contributed by atoms with Gasteiger partial charge in [-0.15, -0.1) is 0 Å². The molecule has 2 aliphatic carbocycles. The second-order valence-corrected chi connectivity index (χ2v) is 9.80. The Hall–Kier alpha value is -1.45. The number of halogens is 3. The van der Waals surface area contributed by atoms with Crippen LogP contribution in [0.4, 0.5) is 13.2 Å². The molecule has 1 nitrogen and oxygen atoms in total. The molecular formula is C27H39F3O. The first kappa shape index (κ1) is 24.2. The molecule has 0 atom stereocenters. The average Bonchev–Trinajstić information content (AvgIpc) is 2.80. The van der Waals surface area contributed by atoms with Gasteiger partial charge in [0, 0.05) is 0 Å². The third kappa shape index (κ3) is 6.52. The summed E-state index contributed by atoms with van der Waals surface area (Å²) in [5.74, 6) is 1.71. The zero-order valence-electron chi connectivity index (χ0n) is 19.1. The highest BCUT2D eigenvalue weighted by molar-refractivity contribution is 5.34. The summed E-state index contributed by atoms with van der Waals surface area (Å²) in [5.41, 5.74) is 1.47. The smallest absolute Gasteiger partial charge is 0.344 e. The zero-order chi connectivity index (χ0) is 22.1. The number of ether oxygens (including phenoxy) is 1. The number of hydrogen-bond acceptors (Lipinski definition) is 1.